The lowest BCUT2D eigenvalue weighted by molar-refractivity contribution is 1.31. The highest BCUT2D eigenvalue weighted by molar-refractivity contribution is 5.87. The zero-order valence-corrected chi connectivity index (χ0v) is 14.0. The van der Waals surface area contributed by atoms with Crippen LogP contribution in [0.5, 0.6) is 0 Å². The summed E-state index contributed by atoms with van der Waals surface area (Å²) in [4.78, 5) is 9.30. The van der Waals surface area contributed by atoms with E-state index in [0.29, 0.717) is 0 Å². The van der Waals surface area contributed by atoms with Crippen molar-refractivity contribution < 1.29 is 0 Å². The Kier molecular flexibility index (Phi) is 4.97. The lowest BCUT2D eigenvalue weighted by Crippen LogP contribution is -1.84. The SMILES string of the molecule is Cc1cc(N=Cc2ccccc2)c(N=Cc2ccccc2)cc1C. The first kappa shape index (κ1) is 15.9. The van der Waals surface area contributed by atoms with Gasteiger partial charge in [0.05, 0.1) is 11.4 Å². The third-order valence-electron chi connectivity index (χ3n) is 3.90. The van der Waals surface area contributed by atoms with Gasteiger partial charge < -0.3 is 0 Å². The molecule has 0 saturated carbocycles. The van der Waals surface area contributed by atoms with E-state index in [2.05, 4.69) is 36.0 Å². The first-order valence-electron chi connectivity index (χ1n) is 8.02. The van der Waals surface area contributed by atoms with Crippen molar-refractivity contribution in [3.63, 3.8) is 0 Å². The molecule has 0 aliphatic rings. The fourth-order valence-corrected chi connectivity index (χ4v) is 2.36. The first-order chi connectivity index (χ1) is 11.7. The molecule has 0 atom stereocenters. The molecule has 0 spiro atoms. The van der Waals surface area contributed by atoms with Gasteiger partial charge in [0.2, 0.25) is 0 Å². The van der Waals surface area contributed by atoms with E-state index in [1.165, 1.54) is 11.1 Å². The zero-order valence-electron chi connectivity index (χ0n) is 14.0. The normalized spacial score (nSPS) is 11.4. The van der Waals surface area contributed by atoms with E-state index < -0.39 is 0 Å². The van der Waals surface area contributed by atoms with E-state index in [4.69, 9.17) is 0 Å². The Morgan fingerprint density at radius 3 is 1.33 bits per heavy atom. The Labute approximate surface area is 143 Å². The zero-order chi connectivity index (χ0) is 16.8. The Balaban J connectivity index is 1.94. The molecule has 0 radical (unpaired) electrons. The minimum atomic E-state index is 0.883. The molecule has 0 aliphatic heterocycles. The quantitative estimate of drug-likeness (QED) is 0.544. The average molecular weight is 312 g/mol. The molecule has 0 aliphatic carbocycles. The van der Waals surface area contributed by atoms with E-state index in [-0.39, 0.29) is 0 Å². The number of hydrogen-bond donors (Lipinski definition) is 0. The van der Waals surface area contributed by atoms with Crippen molar-refractivity contribution in [2.45, 2.75) is 13.8 Å². The molecular formula is C22H20N2. The molecular weight excluding hydrogens is 292 g/mol. The predicted octanol–water partition coefficient (Wildman–Crippen LogP) is 5.80. The van der Waals surface area contributed by atoms with Crippen LogP contribution in [0.25, 0.3) is 0 Å². The van der Waals surface area contributed by atoms with E-state index >= 15 is 0 Å². The Hall–Kier alpha value is -3.00. The summed E-state index contributed by atoms with van der Waals surface area (Å²) in [5.74, 6) is 0. The van der Waals surface area contributed by atoms with Crippen LogP contribution in [-0.4, -0.2) is 12.4 Å². The van der Waals surface area contributed by atoms with Gasteiger partial charge in [-0.15, -0.1) is 0 Å². The minimum absolute atomic E-state index is 0.883. The summed E-state index contributed by atoms with van der Waals surface area (Å²) in [6.45, 7) is 4.20. The number of nitrogens with zero attached hydrogens (tertiary/aromatic N) is 2. The van der Waals surface area contributed by atoms with Crippen LogP contribution in [-0.2, 0) is 0 Å². The number of aliphatic imine (C=N–C) groups is 2. The van der Waals surface area contributed by atoms with Crippen molar-refractivity contribution in [2.24, 2.45) is 9.98 Å². The topological polar surface area (TPSA) is 24.7 Å². The molecule has 0 bridgehead atoms. The van der Waals surface area contributed by atoms with Crippen molar-refractivity contribution >= 4 is 23.8 Å². The molecule has 2 nitrogen and oxygen atoms in total. The lowest BCUT2D eigenvalue weighted by Gasteiger charge is -2.06. The van der Waals surface area contributed by atoms with Crippen LogP contribution in [0.3, 0.4) is 0 Å². The van der Waals surface area contributed by atoms with E-state index in [1.807, 2.05) is 73.1 Å². The molecule has 0 heterocycles. The maximum Gasteiger partial charge on any atom is 0.0889 e. The lowest BCUT2D eigenvalue weighted by atomic mass is 10.1. The minimum Gasteiger partial charge on any atom is -0.254 e. The largest absolute Gasteiger partial charge is 0.254 e. The van der Waals surface area contributed by atoms with Crippen LogP contribution in [0.2, 0.25) is 0 Å². The second kappa shape index (κ2) is 7.51. The van der Waals surface area contributed by atoms with E-state index in [9.17, 15) is 0 Å². The van der Waals surface area contributed by atoms with Crippen LogP contribution in [0.1, 0.15) is 22.3 Å². The summed E-state index contributed by atoms with van der Waals surface area (Å²) in [5, 5.41) is 0. The number of hydrogen-bond acceptors (Lipinski definition) is 2. The van der Waals surface area contributed by atoms with Crippen molar-refractivity contribution in [1.29, 1.82) is 0 Å². The fraction of sp³-hybridized carbons (Fsp3) is 0.0909. The molecule has 3 aromatic carbocycles. The van der Waals surface area contributed by atoms with Gasteiger partial charge in [-0.3, -0.25) is 9.98 Å². The highest BCUT2D eigenvalue weighted by Gasteiger charge is 2.03. The van der Waals surface area contributed by atoms with Crippen LogP contribution in [0.15, 0.2) is 82.8 Å². The Morgan fingerprint density at radius 1 is 0.583 bits per heavy atom. The van der Waals surface area contributed by atoms with Gasteiger partial charge >= 0.3 is 0 Å². The Bertz CT molecular complexity index is 789. The van der Waals surface area contributed by atoms with Crippen molar-refractivity contribution in [3.05, 3.63) is 95.1 Å². The second-order valence-corrected chi connectivity index (χ2v) is 5.76. The van der Waals surface area contributed by atoms with Gasteiger partial charge in [0.25, 0.3) is 0 Å². The predicted molar refractivity (Wildman–Crippen MR) is 103 cm³/mol. The van der Waals surface area contributed by atoms with Gasteiger partial charge in [-0.2, -0.15) is 0 Å². The number of aryl methyl sites for hydroxylation is 2. The number of rotatable bonds is 4. The molecule has 0 unspecified atom stereocenters. The molecule has 24 heavy (non-hydrogen) atoms. The van der Waals surface area contributed by atoms with Crippen molar-refractivity contribution in [2.75, 3.05) is 0 Å². The fourth-order valence-electron chi connectivity index (χ4n) is 2.36. The van der Waals surface area contributed by atoms with Crippen LogP contribution in [0.4, 0.5) is 11.4 Å². The summed E-state index contributed by atoms with van der Waals surface area (Å²) in [6.07, 6.45) is 3.76. The summed E-state index contributed by atoms with van der Waals surface area (Å²) in [5.41, 5.74) is 6.36. The van der Waals surface area contributed by atoms with E-state index in [0.717, 1.165) is 22.5 Å². The summed E-state index contributed by atoms with van der Waals surface area (Å²) in [6, 6.07) is 24.4. The van der Waals surface area contributed by atoms with Crippen molar-refractivity contribution in [1.82, 2.24) is 0 Å². The second-order valence-electron chi connectivity index (χ2n) is 5.76. The first-order valence-corrected chi connectivity index (χ1v) is 8.02. The number of benzene rings is 3. The summed E-state index contributed by atoms with van der Waals surface area (Å²) >= 11 is 0. The van der Waals surface area contributed by atoms with Crippen LogP contribution in [0, 0.1) is 13.8 Å². The van der Waals surface area contributed by atoms with Crippen LogP contribution < -0.4 is 0 Å². The summed E-state index contributed by atoms with van der Waals surface area (Å²) in [7, 11) is 0. The van der Waals surface area contributed by atoms with Gasteiger partial charge in [0, 0.05) is 12.4 Å². The molecule has 3 rings (SSSR count). The highest BCUT2D eigenvalue weighted by Crippen LogP contribution is 2.31. The van der Waals surface area contributed by atoms with Gasteiger partial charge in [0.15, 0.2) is 0 Å². The van der Waals surface area contributed by atoms with E-state index in [1.54, 1.807) is 0 Å². The molecule has 0 fully saturated rings. The van der Waals surface area contributed by atoms with Gasteiger partial charge in [-0.05, 0) is 48.2 Å². The standard InChI is InChI=1S/C22H20N2/c1-17-13-21(23-15-19-9-5-3-6-10-19)22(14-18(17)2)24-16-20-11-7-4-8-12-20/h3-16H,1-2H3. The molecule has 2 heteroatoms. The molecule has 0 saturated heterocycles. The molecule has 0 aromatic heterocycles. The molecule has 0 N–H and O–H groups in total. The summed E-state index contributed by atoms with van der Waals surface area (Å²) < 4.78 is 0. The van der Waals surface area contributed by atoms with Gasteiger partial charge in [-0.25, -0.2) is 0 Å². The van der Waals surface area contributed by atoms with Gasteiger partial charge in [-0.1, -0.05) is 60.7 Å². The average Bonchev–Trinajstić information content (AvgIpc) is 2.63. The molecule has 118 valence electrons. The maximum absolute atomic E-state index is 4.65. The molecule has 3 aromatic rings. The highest BCUT2D eigenvalue weighted by atomic mass is 14.8. The van der Waals surface area contributed by atoms with Gasteiger partial charge in [0.1, 0.15) is 0 Å². The third-order valence-corrected chi connectivity index (χ3v) is 3.90. The molecule has 0 amide bonds. The van der Waals surface area contributed by atoms with Crippen molar-refractivity contribution in [3.8, 4) is 0 Å². The third kappa shape index (κ3) is 4.05. The smallest absolute Gasteiger partial charge is 0.0889 e. The van der Waals surface area contributed by atoms with Crippen LogP contribution >= 0.6 is 0 Å². The maximum atomic E-state index is 4.65. The monoisotopic (exact) mass is 312 g/mol. The Morgan fingerprint density at radius 2 is 0.958 bits per heavy atom.